The third-order valence-electron chi connectivity index (χ3n) is 4.83. The summed E-state index contributed by atoms with van der Waals surface area (Å²) in [4.78, 5) is 14.6. The van der Waals surface area contributed by atoms with E-state index in [4.69, 9.17) is 0 Å². The SMILES string of the molecule is CC(C(=O)N(C)C1CCc2ccccc21)C1CNC1. The molecule has 3 nitrogen and oxygen atoms in total. The summed E-state index contributed by atoms with van der Waals surface area (Å²) in [6.45, 7) is 4.05. The maximum Gasteiger partial charge on any atom is 0.226 e. The third-order valence-corrected chi connectivity index (χ3v) is 4.83. The summed E-state index contributed by atoms with van der Waals surface area (Å²) in [5.74, 6) is 0.957. The minimum atomic E-state index is 0.138. The molecule has 2 unspecified atom stereocenters. The van der Waals surface area contributed by atoms with Gasteiger partial charge in [-0.1, -0.05) is 31.2 Å². The molecule has 0 radical (unpaired) electrons. The van der Waals surface area contributed by atoms with E-state index in [0.717, 1.165) is 25.9 Å². The Hall–Kier alpha value is -1.35. The summed E-state index contributed by atoms with van der Waals surface area (Å²) in [7, 11) is 1.97. The highest BCUT2D eigenvalue weighted by molar-refractivity contribution is 5.79. The van der Waals surface area contributed by atoms with E-state index in [2.05, 4.69) is 36.5 Å². The summed E-state index contributed by atoms with van der Waals surface area (Å²) >= 11 is 0. The average molecular weight is 258 g/mol. The molecule has 1 heterocycles. The van der Waals surface area contributed by atoms with Crippen LogP contribution in [0, 0.1) is 11.8 Å². The Morgan fingerprint density at radius 3 is 2.79 bits per heavy atom. The zero-order valence-electron chi connectivity index (χ0n) is 11.7. The van der Waals surface area contributed by atoms with Crippen molar-refractivity contribution < 1.29 is 4.79 Å². The molecule has 3 heteroatoms. The lowest BCUT2D eigenvalue weighted by atomic mass is 9.87. The van der Waals surface area contributed by atoms with E-state index >= 15 is 0 Å². The normalized spacial score (nSPS) is 23.6. The third kappa shape index (κ3) is 2.16. The molecular weight excluding hydrogens is 236 g/mol. The molecule has 1 aromatic rings. The molecule has 1 N–H and O–H groups in total. The lowest BCUT2D eigenvalue weighted by Gasteiger charge is -2.36. The van der Waals surface area contributed by atoms with Crippen molar-refractivity contribution in [3.8, 4) is 0 Å². The molecule has 0 bridgehead atoms. The quantitative estimate of drug-likeness (QED) is 0.899. The molecule has 1 amide bonds. The molecule has 3 rings (SSSR count). The zero-order chi connectivity index (χ0) is 13.4. The first-order valence-corrected chi connectivity index (χ1v) is 7.23. The van der Waals surface area contributed by atoms with Crippen LogP contribution < -0.4 is 5.32 Å². The first kappa shape index (κ1) is 12.7. The Balaban J connectivity index is 1.74. The van der Waals surface area contributed by atoms with Crippen molar-refractivity contribution >= 4 is 5.91 Å². The van der Waals surface area contributed by atoms with Gasteiger partial charge in [-0.2, -0.15) is 0 Å². The zero-order valence-corrected chi connectivity index (χ0v) is 11.7. The van der Waals surface area contributed by atoms with Crippen molar-refractivity contribution in [2.75, 3.05) is 20.1 Å². The highest BCUT2D eigenvalue weighted by Crippen LogP contribution is 2.36. The fraction of sp³-hybridized carbons (Fsp3) is 0.562. The standard InChI is InChI=1S/C16H22N2O/c1-11(13-9-17-10-13)16(19)18(2)15-8-7-12-5-3-4-6-14(12)15/h3-6,11,13,15,17H,7-10H2,1-2H3. The Labute approximate surface area is 115 Å². The van der Waals surface area contributed by atoms with Crippen LogP contribution >= 0.6 is 0 Å². The van der Waals surface area contributed by atoms with E-state index in [1.165, 1.54) is 11.1 Å². The van der Waals surface area contributed by atoms with Crippen LogP contribution in [0.4, 0.5) is 0 Å². The lowest BCUT2D eigenvalue weighted by Crippen LogP contribution is -2.50. The van der Waals surface area contributed by atoms with E-state index in [-0.39, 0.29) is 12.0 Å². The van der Waals surface area contributed by atoms with Gasteiger partial charge in [-0.05, 0) is 43.0 Å². The number of aryl methyl sites for hydroxylation is 1. The number of carbonyl (C=O) groups is 1. The number of carbonyl (C=O) groups excluding carboxylic acids is 1. The fourth-order valence-corrected chi connectivity index (χ4v) is 3.28. The van der Waals surface area contributed by atoms with Crippen LogP contribution in [0.25, 0.3) is 0 Å². The molecule has 1 saturated heterocycles. The molecule has 0 aromatic heterocycles. The van der Waals surface area contributed by atoms with Crippen molar-refractivity contribution in [3.05, 3.63) is 35.4 Å². The van der Waals surface area contributed by atoms with Gasteiger partial charge in [-0.25, -0.2) is 0 Å². The Kier molecular flexibility index (Phi) is 3.31. The van der Waals surface area contributed by atoms with Gasteiger partial charge in [0.25, 0.3) is 0 Å². The van der Waals surface area contributed by atoms with Gasteiger partial charge in [-0.15, -0.1) is 0 Å². The molecule has 1 aromatic carbocycles. The van der Waals surface area contributed by atoms with Crippen LogP contribution in [0.15, 0.2) is 24.3 Å². The topological polar surface area (TPSA) is 32.3 Å². The summed E-state index contributed by atoms with van der Waals surface area (Å²) in [6, 6.07) is 8.80. The van der Waals surface area contributed by atoms with Crippen LogP contribution in [0.3, 0.4) is 0 Å². The average Bonchev–Trinajstić information content (AvgIpc) is 2.78. The fourth-order valence-electron chi connectivity index (χ4n) is 3.28. The highest BCUT2D eigenvalue weighted by atomic mass is 16.2. The number of hydrogen-bond acceptors (Lipinski definition) is 2. The lowest BCUT2D eigenvalue weighted by molar-refractivity contribution is -0.138. The molecule has 19 heavy (non-hydrogen) atoms. The molecule has 102 valence electrons. The second kappa shape index (κ2) is 4.97. The van der Waals surface area contributed by atoms with Crippen molar-refractivity contribution in [2.45, 2.75) is 25.8 Å². The number of rotatable bonds is 3. The molecule has 1 fully saturated rings. The smallest absolute Gasteiger partial charge is 0.226 e. The van der Waals surface area contributed by atoms with Gasteiger partial charge in [0.15, 0.2) is 0 Å². The van der Waals surface area contributed by atoms with Gasteiger partial charge in [0, 0.05) is 13.0 Å². The van der Waals surface area contributed by atoms with E-state index < -0.39 is 0 Å². The minimum Gasteiger partial charge on any atom is -0.338 e. The second-order valence-electron chi connectivity index (χ2n) is 5.91. The maximum atomic E-state index is 12.6. The number of benzene rings is 1. The van der Waals surface area contributed by atoms with Crippen molar-refractivity contribution in [3.63, 3.8) is 0 Å². The van der Waals surface area contributed by atoms with Crippen LogP contribution in [-0.4, -0.2) is 30.9 Å². The van der Waals surface area contributed by atoms with Gasteiger partial charge in [0.1, 0.15) is 0 Å². The summed E-state index contributed by atoms with van der Waals surface area (Å²) in [5, 5.41) is 3.25. The van der Waals surface area contributed by atoms with Gasteiger partial charge < -0.3 is 10.2 Å². The van der Waals surface area contributed by atoms with Crippen LogP contribution in [0.5, 0.6) is 0 Å². The Bertz CT molecular complexity index is 481. The van der Waals surface area contributed by atoms with Gasteiger partial charge >= 0.3 is 0 Å². The van der Waals surface area contributed by atoms with E-state index in [9.17, 15) is 4.79 Å². The summed E-state index contributed by atoms with van der Waals surface area (Å²) < 4.78 is 0. The molecule has 2 atom stereocenters. The monoisotopic (exact) mass is 258 g/mol. The van der Waals surface area contributed by atoms with E-state index in [1.807, 2.05) is 11.9 Å². The first-order chi connectivity index (χ1) is 9.18. The van der Waals surface area contributed by atoms with Crippen molar-refractivity contribution in [1.29, 1.82) is 0 Å². The van der Waals surface area contributed by atoms with Gasteiger partial charge in [0.2, 0.25) is 5.91 Å². The minimum absolute atomic E-state index is 0.138. The largest absolute Gasteiger partial charge is 0.338 e. The van der Waals surface area contributed by atoms with E-state index in [1.54, 1.807) is 0 Å². The van der Waals surface area contributed by atoms with Gasteiger partial charge in [0.05, 0.1) is 6.04 Å². The molecular formula is C16H22N2O. The number of nitrogens with zero attached hydrogens (tertiary/aromatic N) is 1. The molecule has 1 aliphatic heterocycles. The predicted octanol–water partition coefficient (Wildman–Crippen LogP) is 1.99. The Morgan fingerprint density at radius 2 is 2.11 bits per heavy atom. The number of fused-ring (bicyclic) bond motifs is 1. The second-order valence-corrected chi connectivity index (χ2v) is 5.91. The van der Waals surface area contributed by atoms with Crippen molar-refractivity contribution in [2.24, 2.45) is 11.8 Å². The van der Waals surface area contributed by atoms with Crippen molar-refractivity contribution in [1.82, 2.24) is 10.2 Å². The van der Waals surface area contributed by atoms with Crippen LogP contribution in [-0.2, 0) is 11.2 Å². The molecule has 2 aliphatic rings. The number of amides is 1. The van der Waals surface area contributed by atoms with E-state index in [0.29, 0.717) is 11.8 Å². The summed E-state index contributed by atoms with van der Waals surface area (Å²) in [6.07, 6.45) is 2.16. The van der Waals surface area contributed by atoms with Crippen LogP contribution in [0.2, 0.25) is 0 Å². The first-order valence-electron chi connectivity index (χ1n) is 7.23. The Morgan fingerprint density at radius 1 is 1.37 bits per heavy atom. The summed E-state index contributed by atoms with van der Waals surface area (Å²) in [5.41, 5.74) is 2.75. The number of hydrogen-bond donors (Lipinski definition) is 1. The van der Waals surface area contributed by atoms with Crippen LogP contribution in [0.1, 0.15) is 30.5 Å². The molecule has 0 spiro atoms. The predicted molar refractivity (Wildman–Crippen MR) is 75.8 cm³/mol. The van der Waals surface area contributed by atoms with Gasteiger partial charge in [-0.3, -0.25) is 4.79 Å². The maximum absolute atomic E-state index is 12.6. The highest BCUT2D eigenvalue weighted by Gasteiger charge is 2.34. The molecule has 0 saturated carbocycles. The number of nitrogens with one attached hydrogen (secondary N) is 1. The molecule has 1 aliphatic carbocycles.